The van der Waals surface area contributed by atoms with Gasteiger partial charge >= 0.3 is 0 Å². The Morgan fingerprint density at radius 2 is 1.32 bits per heavy atom. The van der Waals surface area contributed by atoms with Crippen molar-refractivity contribution in [3.05, 3.63) is 95.1 Å². The molecule has 11 nitrogen and oxygen atoms in total. The van der Waals surface area contributed by atoms with Crippen molar-refractivity contribution >= 4 is 54.9 Å². The van der Waals surface area contributed by atoms with Crippen molar-refractivity contribution in [2.75, 3.05) is 11.5 Å². The van der Waals surface area contributed by atoms with E-state index >= 15 is 0 Å². The summed E-state index contributed by atoms with van der Waals surface area (Å²) in [7, 11) is -9.01. The third-order valence-corrected chi connectivity index (χ3v) is 8.85. The molecule has 0 aromatic heterocycles. The lowest BCUT2D eigenvalue weighted by molar-refractivity contribution is 0.0977. The van der Waals surface area contributed by atoms with E-state index in [1.54, 1.807) is 12.1 Å². The van der Waals surface area contributed by atoms with E-state index < -0.39 is 36.7 Å². The Morgan fingerprint density at radius 3 is 1.88 bits per heavy atom. The maximum Gasteiger partial charge on any atom is 0.296 e. The van der Waals surface area contributed by atoms with E-state index in [0.29, 0.717) is 4.90 Å². The van der Waals surface area contributed by atoms with E-state index in [0.717, 1.165) is 23.9 Å². The summed E-state index contributed by atoms with van der Waals surface area (Å²) in [4.78, 5) is 27.0. The highest BCUT2D eigenvalue weighted by Crippen LogP contribution is 2.45. The molecule has 0 saturated heterocycles. The van der Waals surface area contributed by atoms with Crippen molar-refractivity contribution in [3.8, 4) is 11.5 Å². The number of nitrogens with two attached hydrogens (primary N) is 2. The lowest BCUT2D eigenvalue weighted by Crippen LogP contribution is -2.23. The van der Waals surface area contributed by atoms with Crippen molar-refractivity contribution < 1.29 is 40.3 Å². The number of nitrogen functional groups attached to an aromatic ring is 2. The minimum Gasteiger partial charge on any atom is -0.455 e. The summed E-state index contributed by atoms with van der Waals surface area (Å²) in [6, 6.07) is 16.3. The Bertz CT molecular complexity index is 1950. The highest BCUT2D eigenvalue weighted by Gasteiger charge is 2.35. The van der Waals surface area contributed by atoms with Gasteiger partial charge in [0.2, 0.25) is 0 Å². The molecule has 0 bridgehead atoms. The van der Waals surface area contributed by atoms with Crippen molar-refractivity contribution in [3.63, 3.8) is 0 Å². The van der Waals surface area contributed by atoms with Crippen LogP contribution in [0.25, 0.3) is 0 Å². The molecule has 4 aromatic carbocycles. The highest BCUT2D eigenvalue weighted by molar-refractivity contribution is 7.99. The van der Waals surface area contributed by atoms with Crippen LogP contribution in [0.15, 0.2) is 92.4 Å². The predicted molar refractivity (Wildman–Crippen MR) is 145 cm³/mol. The van der Waals surface area contributed by atoms with Crippen LogP contribution < -0.4 is 16.2 Å². The van der Waals surface area contributed by atoms with Gasteiger partial charge in [-0.3, -0.25) is 18.7 Å². The third kappa shape index (κ3) is 4.94. The molecule has 5 rings (SSSR count). The summed E-state index contributed by atoms with van der Waals surface area (Å²) >= 11 is 1.02. The van der Waals surface area contributed by atoms with Gasteiger partial charge in [0.25, 0.3) is 20.2 Å². The molecule has 0 unspecified atom stereocenters. The number of rotatable bonds is 6. The molecular formula is C26H18N2O9S3. The first-order chi connectivity index (χ1) is 18.8. The molecule has 0 spiro atoms. The van der Waals surface area contributed by atoms with Gasteiger partial charge in [-0.1, -0.05) is 36.0 Å². The van der Waals surface area contributed by atoms with Gasteiger partial charge in [-0.2, -0.15) is 16.8 Å². The van der Waals surface area contributed by atoms with E-state index in [4.69, 9.17) is 16.2 Å². The Balaban J connectivity index is 1.65. The first kappa shape index (κ1) is 27.4. The molecule has 0 atom stereocenters. The predicted octanol–water partition coefficient (Wildman–Crippen LogP) is 4.06. The summed E-state index contributed by atoms with van der Waals surface area (Å²) in [6.45, 7) is 0. The lowest BCUT2D eigenvalue weighted by Gasteiger charge is -2.23. The fourth-order valence-electron chi connectivity index (χ4n) is 4.18. The summed E-state index contributed by atoms with van der Waals surface area (Å²) < 4.78 is 70.3. The number of benzene rings is 4. The summed E-state index contributed by atoms with van der Waals surface area (Å²) in [5.74, 6) is -0.990. The molecule has 204 valence electrons. The largest absolute Gasteiger partial charge is 0.455 e. The molecule has 14 heteroatoms. The molecule has 0 heterocycles. The zero-order valence-electron chi connectivity index (χ0n) is 20.1. The minimum absolute atomic E-state index is 0.0265. The van der Waals surface area contributed by atoms with Gasteiger partial charge in [0.05, 0.1) is 27.4 Å². The number of fused-ring (bicyclic) bond motifs is 2. The topological polar surface area (TPSA) is 204 Å². The maximum absolute atomic E-state index is 13.6. The maximum atomic E-state index is 13.6. The molecule has 6 N–H and O–H groups in total. The Morgan fingerprint density at radius 1 is 0.725 bits per heavy atom. The van der Waals surface area contributed by atoms with Gasteiger partial charge in [-0.25, -0.2) is 0 Å². The van der Waals surface area contributed by atoms with Crippen LogP contribution in [0.3, 0.4) is 0 Å². The van der Waals surface area contributed by atoms with Gasteiger partial charge in [0.15, 0.2) is 17.3 Å². The van der Waals surface area contributed by atoms with Crippen molar-refractivity contribution in [2.45, 2.75) is 19.6 Å². The first-order valence-corrected chi connectivity index (χ1v) is 14.9. The molecule has 4 aromatic rings. The summed E-state index contributed by atoms with van der Waals surface area (Å²) in [6.07, 6.45) is 0. The zero-order valence-corrected chi connectivity index (χ0v) is 22.5. The van der Waals surface area contributed by atoms with E-state index in [-0.39, 0.29) is 54.9 Å². The van der Waals surface area contributed by atoms with E-state index in [1.165, 1.54) is 48.5 Å². The molecule has 1 aliphatic rings. The second-order valence-corrected chi connectivity index (χ2v) is 12.5. The Hall–Kier alpha value is -4.21. The molecule has 1 aliphatic carbocycles. The van der Waals surface area contributed by atoms with Crippen LogP contribution in [0.4, 0.5) is 11.4 Å². The number of carbonyl (C=O) groups excluding carboxylic acids is 2. The van der Waals surface area contributed by atoms with Crippen molar-refractivity contribution in [1.29, 1.82) is 0 Å². The molecule has 0 amide bonds. The molecule has 40 heavy (non-hydrogen) atoms. The Kier molecular flexibility index (Phi) is 6.68. The monoisotopic (exact) mass is 598 g/mol. The Labute approximate surface area is 232 Å². The van der Waals surface area contributed by atoms with Gasteiger partial charge in [0, 0.05) is 27.0 Å². The fraction of sp³-hybridized carbons (Fsp3) is 0. The number of carbonyl (C=O) groups is 2. The molecule has 0 radical (unpaired) electrons. The van der Waals surface area contributed by atoms with Crippen LogP contribution in [0, 0.1) is 0 Å². The van der Waals surface area contributed by atoms with Crippen molar-refractivity contribution in [2.24, 2.45) is 0 Å². The second kappa shape index (κ2) is 9.76. The number of ketones is 2. The van der Waals surface area contributed by atoms with Crippen molar-refractivity contribution in [1.82, 2.24) is 0 Å². The van der Waals surface area contributed by atoms with Crippen LogP contribution in [-0.2, 0) is 20.2 Å². The second-order valence-electron chi connectivity index (χ2n) is 8.57. The van der Waals surface area contributed by atoms with Gasteiger partial charge in [0.1, 0.15) is 10.6 Å². The number of hydrogen-bond acceptors (Lipinski definition) is 10. The van der Waals surface area contributed by atoms with E-state index in [1.807, 2.05) is 0 Å². The normalized spacial score (nSPS) is 13.1. The van der Waals surface area contributed by atoms with Crippen LogP contribution in [-0.4, -0.2) is 37.5 Å². The standard InChI is InChI=1S/C26H18N2O9S3/c27-18-11-13(5-10-21(18)40(34,35)36)37-19-12-20(38-14-6-8-15(9-7-14)39(31,32)33)22-23(24(19)28)26(30)17-4-2-1-3-16(17)25(22)29/h1-12H,27-28H2,(H,31,32,33)(H,34,35,36). The van der Waals surface area contributed by atoms with Crippen LogP contribution >= 0.6 is 11.8 Å². The molecule has 0 fully saturated rings. The van der Waals surface area contributed by atoms with E-state index in [2.05, 4.69) is 0 Å². The first-order valence-electron chi connectivity index (χ1n) is 11.2. The molecule has 0 saturated carbocycles. The van der Waals surface area contributed by atoms with Gasteiger partial charge in [-0.15, -0.1) is 0 Å². The van der Waals surface area contributed by atoms with Crippen LogP contribution in [0.5, 0.6) is 11.5 Å². The minimum atomic E-state index is -4.58. The number of anilines is 2. The van der Waals surface area contributed by atoms with Crippen LogP contribution in [0.1, 0.15) is 31.8 Å². The quantitative estimate of drug-likeness (QED) is 0.161. The summed E-state index contributed by atoms with van der Waals surface area (Å²) in [5, 5.41) is 0. The lowest BCUT2D eigenvalue weighted by atomic mass is 9.83. The smallest absolute Gasteiger partial charge is 0.296 e. The number of hydrogen-bond donors (Lipinski definition) is 4. The van der Waals surface area contributed by atoms with Gasteiger partial charge < -0.3 is 16.2 Å². The van der Waals surface area contributed by atoms with Gasteiger partial charge in [-0.05, 0) is 42.5 Å². The third-order valence-electron chi connectivity index (χ3n) is 6.00. The SMILES string of the molecule is Nc1cc(Oc2cc(Sc3ccc(S(=O)(=O)O)cc3)c3c(c2N)C(=O)c2ccccc2C3=O)ccc1S(=O)(=O)O. The van der Waals surface area contributed by atoms with Crippen LogP contribution in [0.2, 0.25) is 0 Å². The molecule has 0 aliphatic heterocycles. The average Bonchev–Trinajstić information content (AvgIpc) is 2.88. The zero-order chi connectivity index (χ0) is 29.0. The average molecular weight is 599 g/mol. The molecular weight excluding hydrogens is 580 g/mol. The summed E-state index contributed by atoms with van der Waals surface area (Å²) in [5.41, 5.74) is 11.9. The van der Waals surface area contributed by atoms with E-state index in [9.17, 15) is 35.5 Å². The number of ether oxygens (including phenoxy) is 1. The fourth-order valence-corrected chi connectivity index (χ4v) is 6.25. The highest BCUT2D eigenvalue weighted by atomic mass is 32.2.